The second kappa shape index (κ2) is 3.48. The van der Waals surface area contributed by atoms with Crippen molar-refractivity contribution in [2.75, 3.05) is 0 Å². The number of imidazole rings is 1. The van der Waals surface area contributed by atoms with Crippen LogP contribution in [0, 0.1) is 0 Å². The first kappa shape index (κ1) is 9.65. The summed E-state index contributed by atoms with van der Waals surface area (Å²) in [7, 11) is 0. The number of H-pyrrole nitrogens is 2. The van der Waals surface area contributed by atoms with Crippen molar-refractivity contribution in [1.82, 2.24) is 15.0 Å². The van der Waals surface area contributed by atoms with Crippen molar-refractivity contribution in [2.45, 2.75) is 0 Å². The average molecular weight is 227 g/mol. The highest BCUT2D eigenvalue weighted by Crippen LogP contribution is 2.21. The first-order chi connectivity index (χ1) is 8.22. The average Bonchev–Trinajstić information content (AvgIpc) is 2.72. The molecule has 0 saturated carbocycles. The molecule has 0 saturated heterocycles. The minimum atomic E-state index is -0.175. The molecule has 1 aromatic carbocycles. The van der Waals surface area contributed by atoms with E-state index in [1.807, 2.05) is 0 Å². The second-order valence-corrected chi connectivity index (χ2v) is 3.72. The molecule has 0 aliphatic rings. The van der Waals surface area contributed by atoms with Crippen LogP contribution in [0.2, 0.25) is 0 Å². The van der Waals surface area contributed by atoms with E-state index in [0.717, 1.165) is 11.0 Å². The molecule has 5 nitrogen and oxygen atoms in total. The monoisotopic (exact) mass is 227 g/mol. The molecule has 0 unspecified atom stereocenters. The molecule has 2 aromatic heterocycles. The summed E-state index contributed by atoms with van der Waals surface area (Å²) in [4.78, 5) is 21.3. The number of benzene rings is 1. The largest absolute Gasteiger partial charge is 0.508 e. The van der Waals surface area contributed by atoms with Gasteiger partial charge >= 0.3 is 0 Å². The predicted octanol–water partition coefficient (Wildman–Crippen LogP) is 1.62. The van der Waals surface area contributed by atoms with E-state index in [4.69, 9.17) is 0 Å². The quantitative estimate of drug-likeness (QED) is 0.590. The number of aromatic nitrogens is 3. The third kappa shape index (κ3) is 1.67. The molecule has 0 radical (unpaired) electrons. The van der Waals surface area contributed by atoms with Crippen LogP contribution in [-0.2, 0) is 0 Å². The van der Waals surface area contributed by atoms with Crippen molar-refractivity contribution >= 4 is 11.0 Å². The van der Waals surface area contributed by atoms with Crippen molar-refractivity contribution in [3.8, 4) is 17.3 Å². The number of aromatic amines is 2. The van der Waals surface area contributed by atoms with Crippen LogP contribution in [0.4, 0.5) is 0 Å². The first-order valence-electron chi connectivity index (χ1n) is 5.11. The number of nitrogens with one attached hydrogen (secondary N) is 2. The lowest BCUT2D eigenvalue weighted by atomic mass is 10.3. The van der Waals surface area contributed by atoms with Crippen molar-refractivity contribution in [3.05, 3.63) is 46.8 Å². The fraction of sp³-hybridized carbons (Fsp3) is 0. The topological polar surface area (TPSA) is 81.8 Å². The van der Waals surface area contributed by atoms with Crippen LogP contribution in [0.25, 0.3) is 22.6 Å². The van der Waals surface area contributed by atoms with Gasteiger partial charge in [-0.25, -0.2) is 4.98 Å². The van der Waals surface area contributed by atoms with E-state index in [1.54, 1.807) is 30.3 Å². The van der Waals surface area contributed by atoms with Gasteiger partial charge in [-0.3, -0.25) is 4.79 Å². The van der Waals surface area contributed by atoms with Crippen LogP contribution in [0.3, 0.4) is 0 Å². The van der Waals surface area contributed by atoms with Gasteiger partial charge in [-0.1, -0.05) is 6.07 Å². The third-order valence-electron chi connectivity index (χ3n) is 2.49. The Kier molecular flexibility index (Phi) is 1.98. The molecule has 3 N–H and O–H groups in total. The molecule has 0 fully saturated rings. The molecule has 0 spiro atoms. The highest BCUT2D eigenvalue weighted by molar-refractivity contribution is 5.80. The van der Waals surface area contributed by atoms with Crippen molar-refractivity contribution in [1.29, 1.82) is 0 Å². The normalized spacial score (nSPS) is 10.8. The molecule has 3 aromatic rings. The lowest BCUT2D eigenvalue weighted by molar-refractivity contribution is 0.476. The van der Waals surface area contributed by atoms with E-state index >= 15 is 0 Å². The molecule has 17 heavy (non-hydrogen) atoms. The SMILES string of the molecule is O=c1cccc(-c2nc3ccc(O)cc3[nH]2)[nH]1. The molecular formula is C12H9N3O2. The molecule has 5 heteroatoms. The Morgan fingerprint density at radius 1 is 1.12 bits per heavy atom. The number of hydrogen-bond acceptors (Lipinski definition) is 3. The molecule has 0 atom stereocenters. The minimum Gasteiger partial charge on any atom is -0.508 e. The zero-order valence-corrected chi connectivity index (χ0v) is 8.77. The summed E-state index contributed by atoms with van der Waals surface area (Å²) >= 11 is 0. The van der Waals surface area contributed by atoms with Crippen LogP contribution < -0.4 is 5.56 Å². The summed E-state index contributed by atoms with van der Waals surface area (Å²) in [5.41, 5.74) is 1.91. The van der Waals surface area contributed by atoms with Crippen LogP contribution in [0.1, 0.15) is 0 Å². The fourth-order valence-electron chi connectivity index (χ4n) is 1.71. The van der Waals surface area contributed by atoms with Crippen LogP contribution in [0.15, 0.2) is 41.2 Å². The molecule has 0 aliphatic heterocycles. The van der Waals surface area contributed by atoms with Crippen molar-refractivity contribution in [2.24, 2.45) is 0 Å². The van der Waals surface area contributed by atoms with Crippen LogP contribution in [-0.4, -0.2) is 20.1 Å². The molecular weight excluding hydrogens is 218 g/mol. The van der Waals surface area contributed by atoms with Gasteiger partial charge in [-0.05, 0) is 18.2 Å². The van der Waals surface area contributed by atoms with Gasteiger partial charge in [-0.2, -0.15) is 0 Å². The maximum atomic E-state index is 11.2. The van der Waals surface area contributed by atoms with Gasteiger partial charge in [0.25, 0.3) is 0 Å². The Balaban J connectivity index is 2.21. The summed E-state index contributed by atoms with van der Waals surface area (Å²) in [5, 5.41) is 9.35. The molecule has 2 heterocycles. The Bertz CT molecular complexity index is 743. The van der Waals surface area contributed by atoms with Gasteiger partial charge in [-0.15, -0.1) is 0 Å². The van der Waals surface area contributed by atoms with Crippen LogP contribution >= 0.6 is 0 Å². The van der Waals surface area contributed by atoms with E-state index in [9.17, 15) is 9.90 Å². The number of phenols is 1. The highest BCUT2D eigenvalue weighted by atomic mass is 16.3. The number of phenolic OH excluding ortho intramolecular Hbond substituents is 1. The van der Waals surface area contributed by atoms with Crippen molar-refractivity contribution in [3.63, 3.8) is 0 Å². The summed E-state index contributed by atoms with van der Waals surface area (Å²) in [6.07, 6.45) is 0. The van der Waals surface area contributed by atoms with E-state index in [0.29, 0.717) is 11.5 Å². The number of rotatable bonds is 1. The maximum absolute atomic E-state index is 11.2. The fourth-order valence-corrected chi connectivity index (χ4v) is 1.71. The first-order valence-corrected chi connectivity index (χ1v) is 5.11. The minimum absolute atomic E-state index is 0.175. The van der Waals surface area contributed by atoms with E-state index in [-0.39, 0.29) is 11.3 Å². The highest BCUT2D eigenvalue weighted by Gasteiger charge is 2.05. The zero-order valence-electron chi connectivity index (χ0n) is 8.77. The number of fused-ring (bicyclic) bond motifs is 1. The number of nitrogens with zero attached hydrogens (tertiary/aromatic N) is 1. The molecule has 0 amide bonds. The van der Waals surface area contributed by atoms with E-state index < -0.39 is 0 Å². The maximum Gasteiger partial charge on any atom is 0.248 e. The van der Waals surface area contributed by atoms with Gasteiger partial charge in [0.1, 0.15) is 5.75 Å². The smallest absolute Gasteiger partial charge is 0.248 e. The predicted molar refractivity (Wildman–Crippen MR) is 63.8 cm³/mol. The Morgan fingerprint density at radius 2 is 2.00 bits per heavy atom. The lowest BCUT2D eigenvalue weighted by Crippen LogP contribution is -2.03. The van der Waals surface area contributed by atoms with Gasteiger partial charge in [0.2, 0.25) is 5.56 Å². The van der Waals surface area contributed by atoms with Gasteiger partial charge < -0.3 is 15.1 Å². The van der Waals surface area contributed by atoms with Gasteiger partial charge in [0.15, 0.2) is 5.82 Å². The summed E-state index contributed by atoms with van der Waals surface area (Å²) in [5.74, 6) is 0.748. The molecule has 0 aliphatic carbocycles. The molecule has 0 bridgehead atoms. The second-order valence-electron chi connectivity index (χ2n) is 3.72. The standard InChI is InChI=1S/C12H9N3O2/c16-7-4-5-8-10(6-7)15-12(14-8)9-2-1-3-11(17)13-9/h1-6,16H,(H,13,17)(H,14,15). The summed E-state index contributed by atoms with van der Waals surface area (Å²) < 4.78 is 0. The van der Waals surface area contributed by atoms with E-state index in [1.165, 1.54) is 6.07 Å². The summed E-state index contributed by atoms with van der Waals surface area (Å²) in [6.45, 7) is 0. The number of aromatic hydroxyl groups is 1. The van der Waals surface area contributed by atoms with E-state index in [2.05, 4.69) is 15.0 Å². The number of hydrogen-bond donors (Lipinski definition) is 3. The summed E-state index contributed by atoms with van der Waals surface area (Å²) in [6, 6.07) is 9.75. The molecule has 3 rings (SSSR count). The lowest BCUT2D eigenvalue weighted by Gasteiger charge is -1.93. The third-order valence-corrected chi connectivity index (χ3v) is 2.49. The Morgan fingerprint density at radius 3 is 2.82 bits per heavy atom. The van der Waals surface area contributed by atoms with Gasteiger partial charge in [0.05, 0.1) is 16.7 Å². The number of pyridine rings is 1. The zero-order chi connectivity index (χ0) is 11.8. The molecule has 84 valence electrons. The van der Waals surface area contributed by atoms with Gasteiger partial charge in [0, 0.05) is 12.1 Å². The Labute approximate surface area is 95.8 Å². The Hall–Kier alpha value is -2.56. The van der Waals surface area contributed by atoms with Crippen LogP contribution in [0.5, 0.6) is 5.75 Å². The van der Waals surface area contributed by atoms with Crippen molar-refractivity contribution < 1.29 is 5.11 Å².